The highest BCUT2D eigenvalue weighted by atomic mass is 35.5. The molecule has 4 heteroatoms. The Morgan fingerprint density at radius 3 is 2.33 bits per heavy atom. The van der Waals surface area contributed by atoms with Crippen LogP contribution in [0.3, 0.4) is 0 Å². The first-order valence-electron chi connectivity index (χ1n) is 5.47. The van der Waals surface area contributed by atoms with Gasteiger partial charge in [0.1, 0.15) is 5.75 Å². The highest BCUT2D eigenvalue weighted by Gasteiger charge is 2.10. The van der Waals surface area contributed by atoms with Crippen molar-refractivity contribution in [1.29, 1.82) is 0 Å². The summed E-state index contributed by atoms with van der Waals surface area (Å²) in [4.78, 5) is 0. The lowest BCUT2D eigenvalue weighted by Crippen LogP contribution is -1.96. The predicted octanol–water partition coefficient (Wildman–Crippen LogP) is 4.91. The Bertz CT molecular complexity index is 540. The SMILES string of the molecule is Oc1ccc(C(S)Cc2ccc(Cl)cc2Cl)cc1. The van der Waals surface area contributed by atoms with Gasteiger partial charge in [-0.15, -0.1) is 0 Å². The van der Waals surface area contributed by atoms with Crippen LogP contribution in [0, 0.1) is 0 Å². The maximum absolute atomic E-state index is 9.24. The molecule has 0 heterocycles. The van der Waals surface area contributed by atoms with Crippen molar-refractivity contribution < 1.29 is 5.11 Å². The van der Waals surface area contributed by atoms with Gasteiger partial charge in [0.2, 0.25) is 0 Å². The summed E-state index contributed by atoms with van der Waals surface area (Å²) in [5.41, 5.74) is 2.05. The van der Waals surface area contributed by atoms with Gasteiger partial charge in [0.05, 0.1) is 0 Å². The zero-order valence-electron chi connectivity index (χ0n) is 9.48. The number of thiol groups is 1. The summed E-state index contributed by atoms with van der Waals surface area (Å²) in [6.45, 7) is 0. The van der Waals surface area contributed by atoms with Gasteiger partial charge in [0, 0.05) is 15.3 Å². The molecule has 0 aliphatic carbocycles. The minimum absolute atomic E-state index is 0.0317. The number of benzene rings is 2. The van der Waals surface area contributed by atoms with Crippen molar-refractivity contribution in [2.24, 2.45) is 0 Å². The van der Waals surface area contributed by atoms with E-state index in [1.165, 1.54) is 0 Å². The number of phenolic OH excluding ortho intramolecular Hbond substituents is 1. The number of halogens is 2. The molecule has 1 unspecified atom stereocenters. The molecule has 0 aliphatic rings. The smallest absolute Gasteiger partial charge is 0.115 e. The lowest BCUT2D eigenvalue weighted by Gasteiger charge is -2.12. The van der Waals surface area contributed by atoms with E-state index in [1.54, 1.807) is 18.2 Å². The molecule has 0 fully saturated rings. The quantitative estimate of drug-likeness (QED) is 0.771. The Kier molecular flexibility index (Phi) is 4.44. The van der Waals surface area contributed by atoms with Crippen LogP contribution in [0.15, 0.2) is 42.5 Å². The number of aromatic hydroxyl groups is 1. The Morgan fingerprint density at radius 2 is 1.72 bits per heavy atom. The molecule has 0 aromatic heterocycles. The lowest BCUT2D eigenvalue weighted by molar-refractivity contribution is 0.475. The van der Waals surface area contributed by atoms with Crippen molar-refractivity contribution >= 4 is 35.8 Å². The molecule has 18 heavy (non-hydrogen) atoms. The van der Waals surface area contributed by atoms with Crippen molar-refractivity contribution in [1.82, 2.24) is 0 Å². The standard InChI is InChI=1S/C14H12Cl2OS/c15-11-4-1-10(13(16)8-11)7-14(18)9-2-5-12(17)6-3-9/h1-6,8,14,17-18H,7H2. The molecule has 0 saturated heterocycles. The molecule has 0 spiro atoms. The van der Waals surface area contributed by atoms with Gasteiger partial charge in [-0.2, -0.15) is 12.6 Å². The van der Waals surface area contributed by atoms with E-state index in [0.29, 0.717) is 16.5 Å². The molecule has 2 rings (SSSR count). The molecule has 0 aliphatic heterocycles. The average molecular weight is 299 g/mol. The number of phenols is 1. The first kappa shape index (κ1) is 13.6. The number of rotatable bonds is 3. The Labute approximate surface area is 122 Å². The van der Waals surface area contributed by atoms with Crippen molar-refractivity contribution in [3.8, 4) is 5.75 Å². The molecular formula is C14H12Cl2OS. The Balaban J connectivity index is 2.15. The summed E-state index contributed by atoms with van der Waals surface area (Å²) in [7, 11) is 0. The molecule has 0 saturated carbocycles. The maximum Gasteiger partial charge on any atom is 0.115 e. The second-order valence-electron chi connectivity index (χ2n) is 4.05. The zero-order valence-corrected chi connectivity index (χ0v) is 11.9. The normalized spacial score (nSPS) is 12.4. The first-order valence-corrected chi connectivity index (χ1v) is 6.74. The van der Waals surface area contributed by atoms with E-state index < -0.39 is 0 Å². The summed E-state index contributed by atoms with van der Waals surface area (Å²) in [5, 5.41) is 10.6. The molecule has 1 nitrogen and oxygen atoms in total. The van der Waals surface area contributed by atoms with Crippen molar-refractivity contribution in [2.45, 2.75) is 11.7 Å². The predicted molar refractivity (Wildman–Crippen MR) is 80.0 cm³/mol. The largest absolute Gasteiger partial charge is 0.508 e. The molecule has 2 aromatic rings. The van der Waals surface area contributed by atoms with Crippen LogP contribution < -0.4 is 0 Å². The zero-order chi connectivity index (χ0) is 13.1. The van der Waals surface area contributed by atoms with Crippen LogP contribution in [-0.4, -0.2) is 5.11 Å². The third kappa shape index (κ3) is 3.35. The lowest BCUT2D eigenvalue weighted by atomic mass is 10.0. The molecule has 2 aromatic carbocycles. The summed E-state index contributed by atoms with van der Waals surface area (Å²) >= 11 is 16.5. The van der Waals surface area contributed by atoms with E-state index in [2.05, 4.69) is 12.6 Å². The maximum atomic E-state index is 9.24. The molecule has 1 N–H and O–H groups in total. The van der Waals surface area contributed by atoms with Crippen LogP contribution in [0.2, 0.25) is 10.0 Å². The summed E-state index contributed by atoms with van der Waals surface area (Å²) in [6, 6.07) is 12.5. The van der Waals surface area contributed by atoms with Gasteiger partial charge in [-0.3, -0.25) is 0 Å². The first-order chi connectivity index (χ1) is 8.56. The fourth-order valence-corrected chi connectivity index (χ4v) is 2.56. The van der Waals surface area contributed by atoms with E-state index in [-0.39, 0.29) is 11.0 Å². The molecule has 0 bridgehead atoms. The van der Waals surface area contributed by atoms with Gasteiger partial charge >= 0.3 is 0 Å². The summed E-state index contributed by atoms with van der Waals surface area (Å²) < 4.78 is 0. The van der Waals surface area contributed by atoms with E-state index in [0.717, 1.165) is 11.1 Å². The van der Waals surface area contributed by atoms with Crippen molar-refractivity contribution in [3.05, 3.63) is 63.6 Å². The van der Waals surface area contributed by atoms with Crippen LogP contribution in [0.25, 0.3) is 0 Å². The fourth-order valence-electron chi connectivity index (χ4n) is 1.71. The van der Waals surface area contributed by atoms with Crippen LogP contribution in [-0.2, 0) is 6.42 Å². The van der Waals surface area contributed by atoms with E-state index in [4.69, 9.17) is 23.2 Å². The highest BCUT2D eigenvalue weighted by molar-refractivity contribution is 7.80. The second kappa shape index (κ2) is 5.87. The van der Waals surface area contributed by atoms with E-state index in [9.17, 15) is 5.11 Å². The highest BCUT2D eigenvalue weighted by Crippen LogP contribution is 2.30. The third-order valence-corrected chi connectivity index (χ3v) is 3.77. The Morgan fingerprint density at radius 1 is 1.06 bits per heavy atom. The van der Waals surface area contributed by atoms with E-state index in [1.807, 2.05) is 24.3 Å². The van der Waals surface area contributed by atoms with E-state index >= 15 is 0 Å². The average Bonchev–Trinajstić information content (AvgIpc) is 2.33. The van der Waals surface area contributed by atoms with Crippen LogP contribution in [0.1, 0.15) is 16.4 Å². The fraction of sp³-hybridized carbons (Fsp3) is 0.143. The number of hydrogen-bond donors (Lipinski definition) is 2. The molecule has 0 radical (unpaired) electrons. The van der Waals surface area contributed by atoms with Gasteiger partial charge in [-0.25, -0.2) is 0 Å². The van der Waals surface area contributed by atoms with Gasteiger partial charge in [0.25, 0.3) is 0 Å². The minimum Gasteiger partial charge on any atom is -0.508 e. The van der Waals surface area contributed by atoms with Crippen LogP contribution in [0.4, 0.5) is 0 Å². The van der Waals surface area contributed by atoms with Gasteiger partial charge in [-0.05, 0) is 41.8 Å². The molecular weight excluding hydrogens is 287 g/mol. The molecule has 94 valence electrons. The summed E-state index contributed by atoms with van der Waals surface area (Å²) in [5.74, 6) is 0.254. The minimum atomic E-state index is 0.0317. The number of hydrogen-bond acceptors (Lipinski definition) is 2. The van der Waals surface area contributed by atoms with Gasteiger partial charge in [-0.1, -0.05) is 41.4 Å². The Hall–Kier alpha value is -0.830. The van der Waals surface area contributed by atoms with Gasteiger partial charge < -0.3 is 5.11 Å². The second-order valence-corrected chi connectivity index (χ2v) is 5.51. The monoisotopic (exact) mass is 298 g/mol. The third-order valence-electron chi connectivity index (χ3n) is 2.71. The van der Waals surface area contributed by atoms with Crippen molar-refractivity contribution in [2.75, 3.05) is 0 Å². The molecule has 0 amide bonds. The van der Waals surface area contributed by atoms with Gasteiger partial charge in [0.15, 0.2) is 0 Å². The topological polar surface area (TPSA) is 20.2 Å². The molecule has 1 atom stereocenters. The van der Waals surface area contributed by atoms with Crippen molar-refractivity contribution in [3.63, 3.8) is 0 Å². The summed E-state index contributed by atoms with van der Waals surface area (Å²) in [6.07, 6.45) is 0.712. The van der Waals surface area contributed by atoms with Crippen LogP contribution in [0.5, 0.6) is 5.75 Å². The van der Waals surface area contributed by atoms with Crippen LogP contribution >= 0.6 is 35.8 Å².